The van der Waals surface area contributed by atoms with Crippen molar-refractivity contribution in [2.24, 2.45) is 11.7 Å². The molecule has 0 unspecified atom stereocenters. The summed E-state index contributed by atoms with van der Waals surface area (Å²) in [4.78, 5) is 14.5. The molecule has 1 aliphatic heterocycles. The first-order chi connectivity index (χ1) is 12.4. The Morgan fingerprint density at radius 2 is 1.96 bits per heavy atom. The van der Waals surface area contributed by atoms with Gasteiger partial charge in [0.05, 0.1) is 0 Å². The Morgan fingerprint density at radius 1 is 1.23 bits per heavy atom. The minimum absolute atomic E-state index is 0.0464. The topological polar surface area (TPSA) is 55.6 Å². The van der Waals surface area contributed by atoms with Crippen molar-refractivity contribution in [2.45, 2.75) is 25.8 Å². The van der Waals surface area contributed by atoms with E-state index < -0.39 is 11.6 Å². The van der Waals surface area contributed by atoms with E-state index in [4.69, 9.17) is 10.5 Å². The lowest BCUT2D eigenvalue weighted by atomic mass is 9.92. The van der Waals surface area contributed by atoms with Gasteiger partial charge >= 0.3 is 0 Å². The average Bonchev–Trinajstić information content (AvgIpc) is 2.64. The number of rotatable bonds is 4. The molecule has 2 aromatic carbocycles. The van der Waals surface area contributed by atoms with Gasteiger partial charge in [-0.25, -0.2) is 8.78 Å². The molecular weight excluding hydrogens is 338 g/mol. The molecule has 0 bridgehead atoms. The zero-order chi connectivity index (χ0) is 18.7. The van der Waals surface area contributed by atoms with Gasteiger partial charge in [0.2, 0.25) is 0 Å². The maximum absolute atomic E-state index is 13.7. The summed E-state index contributed by atoms with van der Waals surface area (Å²) in [5.74, 6) is -0.866. The van der Waals surface area contributed by atoms with E-state index in [1.54, 1.807) is 24.3 Å². The van der Waals surface area contributed by atoms with Gasteiger partial charge in [0.25, 0.3) is 5.91 Å². The van der Waals surface area contributed by atoms with Crippen LogP contribution in [0.5, 0.6) is 11.5 Å². The highest BCUT2D eigenvalue weighted by molar-refractivity contribution is 5.94. The Labute approximate surface area is 151 Å². The van der Waals surface area contributed by atoms with Crippen LogP contribution in [0, 0.1) is 17.6 Å². The van der Waals surface area contributed by atoms with Crippen LogP contribution in [0.1, 0.15) is 30.1 Å². The summed E-state index contributed by atoms with van der Waals surface area (Å²) in [7, 11) is 0. The van der Waals surface area contributed by atoms with Crippen molar-refractivity contribution in [1.82, 2.24) is 4.90 Å². The number of benzene rings is 2. The van der Waals surface area contributed by atoms with E-state index in [-0.39, 0.29) is 17.7 Å². The summed E-state index contributed by atoms with van der Waals surface area (Å²) >= 11 is 0. The highest BCUT2D eigenvalue weighted by Gasteiger charge is 2.26. The molecule has 0 saturated carbocycles. The molecule has 1 fully saturated rings. The predicted molar refractivity (Wildman–Crippen MR) is 95.2 cm³/mol. The molecule has 1 saturated heterocycles. The molecule has 0 aromatic heterocycles. The predicted octanol–water partition coefficient (Wildman–Crippen LogP) is 3.96. The van der Waals surface area contributed by atoms with Crippen molar-refractivity contribution >= 4 is 5.91 Å². The molecule has 0 radical (unpaired) electrons. The lowest BCUT2D eigenvalue weighted by Gasteiger charge is -2.34. The molecule has 2 aromatic rings. The van der Waals surface area contributed by atoms with Crippen molar-refractivity contribution in [1.29, 1.82) is 0 Å². The van der Waals surface area contributed by atoms with Crippen LogP contribution in [0.25, 0.3) is 0 Å². The SMILES string of the molecule is C[C@@H](N)[C@H]1CCCN(C(=O)c2ccc(Oc3ccc(F)cc3F)cc2)C1. The van der Waals surface area contributed by atoms with Gasteiger partial charge in [-0.15, -0.1) is 0 Å². The second kappa shape index (κ2) is 7.83. The molecule has 1 aliphatic rings. The third kappa shape index (κ3) is 4.19. The third-order valence-electron chi connectivity index (χ3n) is 4.71. The Bertz CT molecular complexity index is 778. The first kappa shape index (κ1) is 18.3. The van der Waals surface area contributed by atoms with Crippen LogP contribution >= 0.6 is 0 Å². The van der Waals surface area contributed by atoms with E-state index >= 15 is 0 Å². The van der Waals surface area contributed by atoms with Gasteiger partial charge in [-0.3, -0.25) is 4.79 Å². The largest absolute Gasteiger partial charge is 0.454 e. The molecule has 2 atom stereocenters. The number of amides is 1. The van der Waals surface area contributed by atoms with E-state index in [2.05, 4.69) is 0 Å². The summed E-state index contributed by atoms with van der Waals surface area (Å²) in [5, 5.41) is 0. The van der Waals surface area contributed by atoms with E-state index in [1.165, 1.54) is 6.07 Å². The Kier molecular flexibility index (Phi) is 5.52. The number of hydrogen-bond acceptors (Lipinski definition) is 3. The molecule has 1 heterocycles. The summed E-state index contributed by atoms with van der Waals surface area (Å²) in [6.07, 6.45) is 1.99. The molecule has 6 heteroatoms. The second-order valence-corrected chi connectivity index (χ2v) is 6.71. The molecule has 0 aliphatic carbocycles. The van der Waals surface area contributed by atoms with E-state index in [0.29, 0.717) is 23.8 Å². The highest BCUT2D eigenvalue weighted by atomic mass is 19.1. The Morgan fingerprint density at radius 3 is 2.62 bits per heavy atom. The second-order valence-electron chi connectivity index (χ2n) is 6.71. The quantitative estimate of drug-likeness (QED) is 0.898. The number of ether oxygens (including phenoxy) is 1. The fourth-order valence-electron chi connectivity index (χ4n) is 3.16. The van der Waals surface area contributed by atoms with Crippen molar-refractivity contribution in [3.05, 3.63) is 59.7 Å². The van der Waals surface area contributed by atoms with Gasteiger partial charge in [0.1, 0.15) is 11.6 Å². The molecule has 2 N–H and O–H groups in total. The minimum Gasteiger partial charge on any atom is -0.454 e. The number of carbonyl (C=O) groups is 1. The number of piperidine rings is 1. The van der Waals surface area contributed by atoms with Crippen LogP contribution in [0.3, 0.4) is 0 Å². The number of carbonyl (C=O) groups excluding carboxylic acids is 1. The monoisotopic (exact) mass is 360 g/mol. The summed E-state index contributed by atoms with van der Waals surface area (Å²) in [5.41, 5.74) is 6.52. The summed E-state index contributed by atoms with van der Waals surface area (Å²) in [6, 6.07) is 9.67. The van der Waals surface area contributed by atoms with Gasteiger partial charge in [-0.05, 0) is 62.1 Å². The van der Waals surface area contributed by atoms with Crippen LogP contribution in [0.15, 0.2) is 42.5 Å². The van der Waals surface area contributed by atoms with Crippen LogP contribution in [-0.4, -0.2) is 29.9 Å². The fourth-order valence-corrected chi connectivity index (χ4v) is 3.16. The Balaban J connectivity index is 1.68. The van der Waals surface area contributed by atoms with Crippen molar-refractivity contribution < 1.29 is 18.3 Å². The molecule has 0 spiro atoms. The van der Waals surface area contributed by atoms with Gasteiger partial charge < -0.3 is 15.4 Å². The maximum atomic E-state index is 13.7. The van der Waals surface area contributed by atoms with Crippen LogP contribution < -0.4 is 10.5 Å². The normalized spacial score (nSPS) is 18.5. The molecule has 4 nitrogen and oxygen atoms in total. The van der Waals surface area contributed by atoms with Gasteiger partial charge in [-0.1, -0.05) is 0 Å². The minimum atomic E-state index is -0.777. The number of halogens is 2. The van der Waals surface area contributed by atoms with Gasteiger partial charge in [-0.2, -0.15) is 0 Å². The third-order valence-corrected chi connectivity index (χ3v) is 4.71. The van der Waals surface area contributed by atoms with Crippen molar-refractivity contribution in [3.8, 4) is 11.5 Å². The number of likely N-dealkylation sites (tertiary alicyclic amines) is 1. The van der Waals surface area contributed by atoms with Gasteiger partial charge in [0.15, 0.2) is 11.6 Å². The van der Waals surface area contributed by atoms with Crippen molar-refractivity contribution in [2.75, 3.05) is 13.1 Å². The molecule has 138 valence electrons. The summed E-state index contributed by atoms with van der Waals surface area (Å²) in [6.45, 7) is 3.36. The highest BCUT2D eigenvalue weighted by Crippen LogP contribution is 2.26. The van der Waals surface area contributed by atoms with Crippen LogP contribution in [-0.2, 0) is 0 Å². The lowest BCUT2D eigenvalue weighted by Crippen LogP contribution is -2.45. The van der Waals surface area contributed by atoms with E-state index in [0.717, 1.165) is 31.5 Å². The molecule has 26 heavy (non-hydrogen) atoms. The molecular formula is C20H22F2N2O2. The summed E-state index contributed by atoms with van der Waals surface area (Å²) < 4.78 is 32.0. The maximum Gasteiger partial charge on any atom is 0.253 e. The van der Waals surface area contributed by atoms with Gasteiger partial charge in [0, 0.05) is 30.8 Å². The van der Waals surface area contributed by atoms with E-state index in [1.807, 2.05) is 11.8 Å². The lowest BCUT2D eigenvalue weighted by molar-refractivity contribution is 0.0661. The zero-order valence-electron chi connectivity index (χ0n) is 14.6. The van der Waals surface area contributed by atoms with E-state index in [9.17, 15) is 13.6 Å². The zero-order valence-corrected chi connectivity index (χ0v) is 14.6. The Hall–Kier alpha value is -2.47. The fraction of sp³-hybridized carbons (Fsp3) is 0.350. The van der Waals surface area contributed by atoms with Crippen LogP contribution in [0.4, 0.5) is 8.78 Å². The first-order valence-corrected chi connectivity index (χ1v) is 8.72. The molecule has 1 amide bonds. The van der Waals surface area contributed by atoms with Crippen molar-refractivity contribution in [3.63, 3.8) is 0 Å². The number of nitrogens with two attached hydrogens (primary N) is 1. The number of hydrogen-bond donors (Lipinski definition) is 1. The molecule has 3 rings (SSSR count). The standard InChI is InChI=1S/C20H22F2N2O2/c1-13(23)15-3-2-10-24(12-15)20(25)14-4-7-17(8-5-14)26-19-9-6-16(21)11-18(19)22/h4-9,11,13,15H,2-3,10,12,23H2,1H3/t13-,15+/m1/s1. The smallest absolute Gasteiger partial charge is 0.253 e. The number of nitrogens with zero attached hydrogens (tertiary/aromatic N) is 1. The first-order valence-electron chi connectivity index (χ1n) is 8.72. The average molecular weight is 360 g/mol. The van der Waals surface area contributed by atoms with Crippen LogP contribution in [0.2, 0.25) is 0 Å².